The van der Waals surface area contributed by atoms with Gasteiger partial charge in [-0.2, -0.15) is 8.78 Å². The highest BCUT2D eigenvalue weighted by atomic mass is 19.3. The third-order valence-electron chi connectivity index (χ3n) is 6.46. The second-order valence-corrected chi connectivity index (χ2v) is 9.45. The molecule has 1 aromatic heterocycles. The lowest BCUT2D eigenvalue weighted by atomic mass is 10.1. The van der Waals surface area contributed by atoms with Crippen molar-refractivity contribution in [1.29, 1.82) is 0 Å². The molecule has 0 saturated carbocycles. The van der Waals surface area contributed by atoms with Gasteiger partial charge in [-0.15, -0.1) is 0 Å². The van der Waals surface area contributed by atoms with Gasteiger partial charge in [0, 0.05) is 44.2 Å². The number of rotatable bonds is 5. The summed E-state index contributed by atoms with van der Waals surface area (Å²) in [5, 5.41) is 3.23. The fraction of sp³-hybridized carbons (Fsp3) is 0.385. The van der Waals surface area contributed by atoms with E-state index >= 15 is 0 Å². The number of nitrogens with one attached hydrogen (secondary N) is 1. The minimum atomic E-state index is -3.57. The molecule has 1 N–H and O–H groups in total. The fourth-order valence-electron chi connectivity index (χ4n) is 4.65. The quantitative estimate of drug-likeness (QED) is 0.491. The van der Waals surface area contributed by atoms with E-state index in [1.165, 1.54) is 17.0 Å². The lowest BCUT2D eigenvalue weighted by Gasteiger charge is -2.38. The average molecular weight is 520 g/mol. The van der Waals surface area contributed by atoms with Gasteiger partial charge in [-0.3, -0.25) is 0 Å². The summed E-state index contributed by atoms with van der Waals surface area (Å²) >= 11 is 0. The standard InChI is InChI=1S/C26H26F5N5O/c1-15(2)36-14-26(30,31)37-25-19(28)11-17(12-22(25)36)24-20(29)13-33-23(34-24)10-16-3-4-21(18(27)9-16)35-7-5-32-6-8-35/h3-4,9,11-13,15,32H,5-8,10,14H2,1-2H3. The van der Waals surface area contributed by atoms with Gasteiger partial charge in [0.1, 0.15) is 23.9 Å². The molecular formula is C26H26F5N5O. The zero-order valence-corrected chi connectivity index (χ0v) is 20.4. The molecule has 3 aromatic rings. The van der Waals surface area contributed by atoms with Crippen molar-refractivity contribution in [2.75, 3.05) is 42.5 Å². The molecule has 5 rings (SSSR count). The molecule has 0 aliphatic carbocycles. The Kier molecular flexibility index (Phi) is 6.65. The number of nitrogens with zero attached hydrogens (tertiary/aromatic N) is 4. The zero-order valence-electron chi connectivity index (χ0n) is 20.4. The lowest BCUT2D eigenvalue weighted by molar-refractivity contribution is -0.174. The Morgan fingerprint density at radius 1 is 1.00 bits per heavy atom. The second-order valence-electron chi connectivity index (χ2n) is 9.45. The number of anilines is 2. The van der Waals surface area contributed by atoms with Crippen molar-refractivity contribution >= 4 is 11.4 Å². The normalized spacial score (nSPS) is 17.1. The van der Waals surface area contributed by atoms with Crippen molar-refractivity contribution in [2.24, 2.45) is 0 Å². The predicted octanol–water partition coefficient (Wildman–Crippen LogP) is 4.76. The van der Waals surface area contributed by atoms with Crippen LogP contribution in [0.3, 0.4) is 0 Å². The molecule has 0 unspecified atom stereocenters. The molecule has 0 amide bonds. The van der Waals surface area contributed by atoms with E-state index < -0.39 is 36.1 Å². The highest BCUT2D eigenvalue weighted by Crippen LogP contribution is 2.43. The summed E-state index contributed by atoms with van der Waals surface area (Å²) in [6, 6.07) is 6.77. The van der Waals surface area contributed by atoms with E-state index in [2.05, 4.69) is 20.0 Å². The summed E-state index contributed by atoms with van der Waals surface area (Å²) in [5.74, 6) is -2.62. The molecule has 0 spiro atoms. The largest absolute Gasteiger partial charge is 0.426 e. The van der Waals surface area contributed by atoms with Gasteiger partial charge in [0.2, 0.25) is 0 Å². The summed E-state index contributed by atoms with van der Waals surface area (Å²) in [5.41, 5.74) is 1.05. The zero-order chi connectivity index (χ0) is 26.3. The number of hydrogen-bond acceptors (Lipinski definition) is 6. The van der Waals surface area contributed by atoms with Crippen LogP contribution >= 0.6 is 0 Å². The van der Waals surface area contributed by atoms with Gasteiger partial charge >= 0.3 is 6.11 Å². The average Bonchev–Trinajstić information content (AvgIpc) is 2.85. The first-order valence-corrected chi connectivity index (χ1v) is 12.0. The first kappa shape index (κ1) is 25.2. The number of halogens is 5. The molecule has 37 heavy (non-hydrogen) atoms. The Bertz CT molecular complexity index is 1310. The molecule has 0 atom stereocenters. The van der Waals surface area contributed by atoms with E-state index in [1.807, 2.05) is 4.90 Å². The topological polar surface area (TPSA) is 53.5 Å². The number of aromatic nitrogens is 2. The summed E-state index contributed by atoms with van der Waals surface area (Å²) in [4.78, 5) is 11.6. The van der Waals surface area contributed by atoms with E-state index in [9.17, 15) is 22.0 Å². The highest BCUT2D eigenvalue weighted by Gasteiger charge is 2.43. The van der Waals surface area contributed by atoms with Gasteiger partial charge in [0.25, 0.3) is 0 Å². The summed E-state index contributed by atoms with van der Waals surface area (Å²) in [7, 11) is 0. The van der Waals surface area contributed by atoms with Gasteiger partial charge in [0.05, 0.1) is 17.6 Å². The smallest absolute Gasteiger partial charge is 0.416 e. The Labute approximate surface area is 211 Å². The molecule has 1 fully saturated rings. The third kappa shape index (κ3) is 5.18. The Balaban J connectivity index is 1.45. The third-order valence-corrected chi connectivity index (χ3v) is 6.46. The van der Waals surface area contributed by atoms with Crippen LogP contribution in [0.2, 0.25) is 0 Å². The number of fused-ring (bicyclic) bond motifs is 1. The molecule has 3 heterocycles. The SMILES string of the molecule is CC(C)N1CC(F)(F)Oc2c(F)cc(-c3nc(Cc4ccc(N5CCNCC5)c(F)c4)ncc3F)cc21. The van der Waals surface area contributed by atoms with Crippen molar-refractivity contribution in [3.63, 3.8) is 0 Å². The van der Waals surface area contributed by atoms with Crippen LogP contribution in [0.4, 0.5) is 33.3 Å². The lowest BCUT2D eigenvalue weighted by Crippen LogP contribution is -2.48. The monoisotopic (exact) mass is 519 g/mol. The van der Waals surface area contributed by atoms with E-state index in [-0.39, 0.29) is 35.0 Å². The van der Waals surface area contributed by atoms with Crippen LogP contribution in [0.15, 0.2) is 36.5 Å². The molecule has 2 aliphatic rings. The van der Waals surface area contributed by atoms with Crippen LogP contribution in [0, 0.1) is 17.5 Å². The molecule has 0 radical (unpaired) electrons. The van der Waals surface area contributed by atoms with Gasteiger partial charge < -0.3 is 19.9 Å². The maximum Gasteiger partial charge on any atom is 0.416 e. The van der Waals surface area contributed by atoms with Crippen molar-refractivity contribution in [1.82, 2.24) is 15.3 Å². The number of alkyl halides is 2. The predicted molar refractivity (Wildman–Crippen MR) is 130 cm³/mol. The van der Waals surface area contributed by atoms with Crippen molar-refractivity contribution in [3.05, 3.63) is 65.4 Å². The van der Waals surface area contributed by atoms with E-state index in [4.69, 9.17) is 0 Å². The molecule has 11 heteroatoms. The van der Waals surface area contributed by atoms with Crippen molar-refractivity contribution < 1.29 is 26.7 Å². The molecule has 6 nitrogen and oxygen atoms in total. The Morgan fingerprint density at radius 2 is 1.76 bits per heavy atom. The minimum Gasteiger partial charge on any atom is -0.426 e. The Morgan fingerprint density at radius 3 is 2.46 bits per heavy atom. The van der Waals surface area contributed by atoms with Gasteiger partial charge in [-0.05, 0) is 43.7 Å². The molecule has 196 valence electrons. The molecule has 1 saturated heterocycles. The van der Waals surface area contributed by atoms with Crippen LogP contribution < -0.4 is 19.9 Å². The van der Waals surface area contributed by atoms with Crippen LogP contribution in [-0.4, -0.2) is 54.8 Å². The number of piperazine rings is 1. The van der Waals surface area contributed by atoms with Gasteiger partial charge in [0.15, 0.2) is 17.4 Å². The molecule has 2 aromatic carbocycles. The van der Waals surface area contributed by atoms with Crippen LogP contribution in [-0.2, 0) is 6.42 Å². The summed E-state index contributed by atoms with van der Waals surface area (Å²) in [6.07, 6.45) is -2.49. The summed E-state index contributed by atoms with van der Waals surface area (Å²) < 4.78 is 77.2. The molecule has 2 aliphatic heterocycles. The van der Waals surface area contributed by atoms with Gasteiger partial charge in [-0.25, -0.2) is 23.1 Å². The van der Waals surface area contributed by atoms with Gasteiger partial charge in [-0.1, -0.05) is 6.07 Å². The van der Waals surface area contributed by atoms with Crippen molar-refractivity contribution in [3.8, 4) is 17.0 Å². The first-order chi connectivity index (χ1) is 17.6. The highest BCUT2D eigenvalue weighted by molar-refractivity contribution is 5.72. The second kappa shape index (κ2) is 9.77. The first-order valence-electron chi connectivity index (χ1n) is 12.0. The number of hydrogen-bond donors (Lipinski definition) is 1. The van der Waals surface area contributed by atoms with E-state index in [0.29, 0.717) is 24.3 Å². The summed E-state index contributed by atoms with van der Waals surface area (Å²) in [6.45, 7) is 5.56. The minimum absolute atomic E-state index is 0.0529. The van der Waals surface area contributed by atoms with E-state index in [0.717, 1.165) is 25.4 Å². The van der Waals surface area contributed by atoms with Crippen LogP contribution in [0.5, 0.6) is 5.75 Å². The van der Waals surface area contributed by atoms with Crippen LogP contribution in [0.1, 0.15) is 25.2 Å². The van der Waals surface area contributed by atoms with Crippen molar-refractivity contribution in [2.45, 2.75) is 32.4 Å². The fourth-order valence-corrected chi connectivity index (χ4v) is 4.65. The maximum absolute atomic E-state index is 14.9. The molecular weight excluding hydrogens is 493 g/mol. The van der Waals surface area contributed by atoms with Crippen LogP contribution in [0.25, 0.3) is 11.3 Å². The Hall–Kier alpha value is -3.47. The maximum atomic E-state index is 14.9. The molecule has 0 bridgehead atoms. The number of ether oxygens (including phenoxy) is 1. The van der Waals surface area contributed by atoms with E-state index in [1.54, 1.807) is 26.0 Å². The number of benzene rings is 2.